The topological polar surface area (TPSA) is 47.7 Å². The largest absolute Gasteiger partial charge is 0.491 e. The molecule has 0 saturated heterocycles. The molecule has 0 unspecified atom stereocenters. The van der Waals surface area contributed by atoms with Gasteiger partial charge in [0.1, 0.15) is 18.1 Å². The van der Waals surface area contributed by atoms with Gasteiger partial charge in [-0.1, -0.05) is 35.5 Å². The second-order valence-corrected chi connectivity index (χ2v) is 9.16. The Hall–Kier alpha value is -2.63. The molecule has 0 radical (unpaired) electrons. The van der Waals surface area contributed by atoms with E-state index in [1.807, 2.05) is 13.8 Å². The molecule has 1 fully saturated rings. The van der Waals surface area contributed by atoms with Crippen LogP contribution in [0.2, 0.25) is 0 Å². The molecule has 1 aliphatic carbocycles. The van der Waals surface area contributed by atoms with E-state index < -0.39 is 0 Å². The summed E-state index contributed by atoms with van der Waals surface area (Å²) in [5.74, 6) is 2.63. The zero-order valence-electron chi connectivity index (χ0n) is 19.1. The van der Waals surface area contributed by atoms with Crippen LogP contribution in [0, 0.1) is 19.8 Å². The van der Waals surface area contributed by atoms with Gasteiger partial charge in [-0.15, -0.1) is 0 Å². The number of ether oxygens (including phenoxy) is 2. The molecule has 5 heteroatoms. The van der Waals surface area contributed by atoms with Crippen LogP contribution in [0.15, 0.2) is 47.0 Å². The maximum absolute atomic E-state index is 6.16. The lowest BCUT2D eigenvalue weighted by Crippen LogP contribution is -2.30. The predicted octanol–water partition coefficient (Wildman–Crippen LogP) is 5.17. The minimum atomic E-state index is 0.556. The fraction of sp³-hybridized carbons (Fsp3) is 0.444. The first-order valence-electron chi connectivity index (χ1n) is 11.7. The number of hydrogen-bond donors (Lipinski definition) is 0. The molecular weight excluding hydrogens is 400 g/mol. The Labute approximate surface area is 190 Å². The predicted molar refractivity (Wildman–Crippen MR) is 125 cm³/mol. The number of fused-ring (bicyclic) bond motifs is 3. The second kappa shape index (κ2) is 9.47. The van der Waals surface area contributed by atoms with Gasteiger partial charge < -0.3 is 14.0 Å². The number of benzene rings is 2. The summed E-state index contributed by atoms with van der Waals surface area (Å²) in [5, 5.41) is 4.13. The first-order valence-corrected chi connectivity index (χ1v) is 11.7. The van der Waals surface area contributed by atoms with Crippen LogP contribution in [-0.4, -0.2) is 43.0 Å². The van der Waals surface area contributed by atoms with Crippen LogP contribution in [0.25, 0.3) is 11.1 Å². The molecule has 2 aromatic carbocycles. The van der Waals surface area contributed by atoms with Crippen molar-refractivity contribution in [2.24, 2.45) is 5.92 Å². The minimum Gasteiger partial charge on any atom is -0.491 e. The number of aromatic nitrogens is 1. The van der Waals surface area contributed by atoms with E-state index in [9.17, 15) is 0 Å². The van der Waals surface area contributed by atoms with Crippen LogP contribution in [0.4, 0.5) is 0 Å². The van der Waals surface area contributed by atoms with Gasteiger partial charge in [-0.3, -0.25) is 4.90 Å². The van der Waals surface area contributed by atoms with E-state index in [2.05, 4.69) is 52.5 Å². The van der Waals surface area contributed by atoms with E-state index >= 15 is 0 Å². The molecule has 5 rings (SSSR count). The number of nitrogens with zero attached hydrogens (tertiary/aromatic N) is 2. The first-order chi connectivity index (χ1) is 15.7. The van der Waals surface area contributed by atoms with Crippen molar-refractivity contribution >= 4 is 0 Å². The zero-order chi connectivity index (χ0) is 21.9. The third-order valence-corrected chi connectivity index (χ3v) is 6.43. The van der Waals surface area contributed by atoms with E-state index in [0.29, 0.717) is 13.2 Å². The van der Waals surface area contributed by atoms with Crippen molar-refractivity contribution in [2.75, 3.05) is 32.9 Å². The van der Waals surface area contributed by atoms with Gasteiger partial charge >= 0.3 is 0 Å². The summed E-state index contributed by atoms with van der Waals surface area (Å²) in [4.78, 5) is 2.55. The summed E-state index contributed by atoms with van der Waals surface area (Å²) < 4.78 is 17.5. The maximum Gasteiger partial charge on any atom is 0.141 e. The molecule has 2 heterocycles. The smallest absolute Gasteiger partial charge is 0.141 e. The fourth-order valence-electron chi connectivity index (χ4n) is 4.63. The van der Waals surface area contributed by atoms with Crippen LogP contribution in [0.3, 0.4) is 0 Å². The lowest BCUT2D eigenvalue weighted by atomic mass is 9.96. The summed E-state index contributed by atoms with van der Waals surface area (Å²) >= 11 is 0. The van der Waals surface area contributed by atoms with E-state index in [0.717, 1.165) is 60.4 Å². The zero-order valence-corrected chi connectivity index (χ0v) is 19.1. The average molecular weight is 433 g/mol. The highest BCUT2D eigenvalue weighted by molar-refractivity contribution is 5.69. The number of hydrogen-bond acceptors (Lipinski definition) is 5. The Morgan fingerprint density at radius 1 is 1.00 bits per heavy atom. The highest BCUT2D eigenvalue weighted by Crippen LogP contribution is 2.33. The molecule has 0 atom stereocenters. The quantitative estimate of drug-likeness (QED) is 0.571. The first kappa shape index (κ1) is 21.2. The van der Waals surface area contributed by atoms with Crippen LogP contribution < -0.4 is 4.74 Å². The van der Waals surface area contributed by atoms with Gasteiger partial charge in [0.05, 0.1) is 18.9 Å². The van der Waals surface area contributed by atoms with Gasteiger partial charge in [-0.2, -0.15) is 0 Å². The Morgan fingerprint density at radius 2 is 1.88 bits per heavy atom. The van der Waals surface area contributed by atoms with Gasteiger partial charge in [0.25, 0.3) is 0 Å². The normalized spacial score (nSPS) is 17.9. The van der Waals surface area contributed by atoms with Crippen molar-refractivity contribution in [2.45, 2.75) is 39.7 Å². The molecule has 0 amide bonds. The van der Waals surface area contributed by atoms with Crippen molar-refractivity contribution in [1.82, 2.24) is 10.1 Å². The molecule has 0 N–H and O–H groups in total. The van der Waals surface area contributed by atoms with Gasteiger partial charge in [0.15, 0.2) is 0 Å². The molecule has 2 bridgehead atoms. The second-order valence-electron chi connectivity index (χ2n) is 9.16. The lowest BCUT2D eigenvalue weighted by molar-refractivity contribution is 0.0764. The summed E-state index contributed by atoms with van der Waals surface area (Å²) in [7, 11) is 0. The molecular formula is C27H32N2O3. The Morgan fingerprint density at radius 3 is 2.69 bits per heavy atom. The molecule has 1 saturated carbocycles. The fourth-order valence-corrected chi connectivity index (χ4v) is 4.63. The summed E-state index contributed by atoms with van der Waals surface area (Å²) in [6, 6.07) is 15.4. The van der Waals surface area contributed by atoms with E-state index in [1.165, 1.54) is 36.1 Å². The highest BCUT2D eigenvalue weighted by atomic mass is 16.5. The maximum atomic E-state index is 6.16. The summed E-state index contributed by atoms with van der Waals surface area (Å²) in [6.45, 7) is 8.98. The van der Waals surface area contributed by atoms with Gasteiger partial charge in [-0.25, -0.2) is 0 Å². The van der Waals surface area contributed by atoms with Crippen molar-refractivity contribution in [3.63, 3.8) is 0 Å². The van der Waals surface area contributed by atoms with Crippen LogP contribution >= 0.6 is 0 Å². The van der Waals surface area contributed by atoms with Gasteiger partial charge in [0.2, 0.25) is 0 Å². The number of aryl methyl sites for hydroxylation is 2. The summed E-state index contributed by atoms with van der Waals surface area (Å²) in [5.41, 5.74) is 6.95. The number of rotatable bonds is 3. The van der Waals surface area contributed by atoms with E-state index in [-0.39, 0.29) is 0 Å². The van der Waals surface area contributed by atoms with Crippen molar-refractivity contribution in [3.05, 3.63) is 70.6 Å². The van der Waals surface area contributed by atoms with Crippen molar-refractivity contribution in [3.8, 4) is 16.9 Å². The monoisotopic (exact) mass is 432 g/mol. The molecule has 3 aromatic rings. The van der Waals surface area contributed by atoms with Crippen molar-refractivity contribution in [1.29, 1.82) is 0 Å². The van der Waals surface area contributed by atoms with E-state index in [1.54, 1.807) is 0 Å². The molecule has 0 spiro atoms. The Bertz CT molecular complexity index is 1050. The van der Waals surface area contributed by atoms with Gasteiger partial charge in [0, 0.05) is 31.6 Å². The third kappa shape index (κ3) is 5.05. The Balaban J connectivity index is 1.46. The third-order valence-electron chi connectivity index (χ3n) is 6.43. The van der Waals surface area contributed by atoms with E-state index in [4.69, 9.17) is 14.0 Å². The Kier molecular flexibility index (Phi) is 6.28. The molecule has 2 aliphatic rings. The molecule has 32 heavy (non-hydrogen) atoms. The SMILES string of the molecule is Cc1noc(C)c1-c1ccc2c(c1)Cc1cccc(c1)CN(CC1CC1)CCOCCO2. The average Bonchev–Trinajstić information content (AvgIpc) is 3.53. The lowest BCUT2D eigenvalue weighted by Gasteiger charge is -2.23. The highest BCUT2D eigenvalue weighted by Gasteiger charge is 2.24. The molecule has 5 nitrogen and oxygen atoms in total. The molecule has 1 aliphatic heterocycles. The van der Waals surface area contributed by atoms with Crippen molar-refractivity contribution < 1.29 is 14.0 Å². The standard InChI is InChI=1S/C27H32N2O3/c1-19-27(20(2)32-28-19)24-8-9-26-25(16-24)15-22-4-3-5-23(14-22)18-29(17-21-6-7-21)10-11-30-12-13-31-26/h3-5,8-9,14,16,21H,6-7,10-13,15,17-18H2,1-2H3. The van der Waals surface area contributed by atoms with Gasteiger partial charge in [-0.05, 0) is 67.0 Å². The van der Waals surface area contributed by atoms with Crippen LogP contribution in [-0.2, 0) is 17.7 Å². The summed E-state index contributed by atoms with van der Waals surface area (Å²) in [6.07, 6.45) is 3.56. The molecule has 168 valence electrons. The molecule has 1 aromatic heterocycles. The van der Waals surface area contributed by atoms with Crippen LogP contribution in [0.5, 0.6) is 5.75 Å². The van der Waals surface area contributed by atoms with Crippen LogP contribution in [0.1, 0.15) is 41.0 Å². The minimum absolute atomic E-state index is 0.556.